The van der Waals surface area contributed by atoms with Crippen LogP contribution in [-0.4, -0.2) is 56.8 Å². The summed E-state index contributed by atoms with van der Waals surface area (Å²) < 4.78 is 6.83. The van der Waals surface area contributed by atoms with Gasteiger partial charge in [-0.1, -0.05) is 31.6 Å². The van der Waals surface area contributed by atoms with Crippen molar-refractivity contribution in [1.82, 2.24) is 24.3 Å². The van der Waals surface area contributed by atoms with Crippen LogP contribution >= 0.6 is 0 Å². The van der Waals surface area contributed by atoms with E-state index in [0.29, 0.717) is 40.8 Å². The molecule has 202 valence electrons. The van der Waals surface area contributed by atoms with E-state index >= 15 is 0 Å². The van der Waals surface area contributed by atoms with Gasteiger partial charge in [0.05, 0.1) is 12.6 Å². The SMILES string of the molecule is CCCc1ccnc(NC(=O)c2ccc(-c3nc([C@H](C)N(C)C(=O)C=CCOC)n4ccnc(N)c34)cc2)c1. The quantitative estimate of drug-likeness (QED) is 0.294. The fourth-order valence-electron chi connectivity index (χ4n) is 4.26. The fraction of sp³-hybridized carbons (Fsp3) is 0.276. The third-order valence-electron chi connectivity index (χ3n) is 6.46. The zero-order chi connectivity index (χ0) is 27.9. The van der Waals surface area contributed by atoms with Crippen LogP contribution < -0.4 is 11.1 Å². The standard InChI is InChI=1S/C29H33N7O3/c1-5-7-20-13-14-31-23(18-20)33-29(38)22-11-9-21(10-12-22)25-26-27(30)32-15-16-36(26)28(34-25)19(2)35(3)24(37)8-6-17-39-4/h6,8-16,18-19H,5,7,17H2,1-4H3,(H2,30,32)(H,31,33,38)/t19-/m0/s1. The number of nitrogen functional groups attached to an aromatic ring is 1. The van der Waals surface area contributed by atoms with Crippen LogP contribution in [0.1, 0.15) is 48.1 Å². The zero-order valence-electron chi connectivity index (χ0n) is 22.6. The summed E-state index contributed by atoms with van der Waals surface area (Å²) in [5, 5.41) is 2.86. The molecule has 4 rings (SSSR count). The number of nitrogens with one attached hydrogen (secondary N) is 1. The van der Waals surface area contributed by atoms with Gasteiger partial charge >= 0.3 is 0 Å². The van der Waals surface area contributed by atoms with Gasteiger partial charge in [0.2, 0.25) is 5.91 Å². The largest absolute Gasteiger partial charge is 0.382 e. The summed E-state index contributed by atoms with van der Waals surface area (Å²) in [6, 6.07) is 10.6. The smallest absolute Gasteiger partial charge is 0.256 e. The lowest BCUT2D eigenvalue weighted by Gasteiger charge is -2.22. The van der Waals surface area contributed by atoms with Gasteiger partial charge in [0.25, 0.3) is 5.91 Å². The average molecular weight is 528 g/mol. The minimum atomic E-state index is -0.367. The van der Waals surface area contributed by atoms with Gasteiger partial charge in [-0.25, -0.2) is 15.0 Å². The van der Waals surface area contributed by atoms with Crippen molar-refractivity contribution in [3.8, 4) is 11.3 Å². The minimum absolute atomic E-state index is 0.176. The van der Waals surface area contributed by atoms with Crippen molar-refractivity contribution < 1.29 is 14.3 Å². The maximum Gasteiger partial charge on any atom is 0.256 e. The van der Waals surface area contributed by atoms with Crippen molar-refractivity contribution in [2.75, 3.05) is 31.8 Å². The molecule has 3 aromatic heterocycles. The summed E-state index contributed by atoms with van der Waals surface area (Å²) >= 11 is 0. The second-order valence-corrected chi connectivity index (χ2v) is 9.16. The van der Waals surface area contributed by atoms with E-state index < -0.39 is 0 Å². The summed E-state index contributed by atoms with van der Waals surface area (Å²) in [6.45, 7) is 4.35. The van der Waals surface area contributed by atoms with E-state index in [1.807, 2.05) is 35.6 Å². The number of likely N-dealkylation sites (N-methyl/N-ethyl adjacent to an activating group) is 1. The van der Waals surface area contributed by atoms with Gasteiger partial charge in [0, 0.05) is 50.0 Å². The van der Waals surface area contributed by atoms with Gasteiger partial charge in [-0.3, -0.25) is 14.0 Å². The summed E-state index contributed by atoms with van der Waals surface area (Å²) in [4.78, 5) is 40.5. The molecule has 0 aliphatic carbocycles. The molecular formula is C29H33N7O3. The van der Waals surface area contributed by atoms with Crippen molar-refractivity contribution in [2.45, 2.75) is 32.7 Å². The molecule has 0 saturated carbocycles. The molecule has 1 atom stereocenters. The van der Waals surface area contributed by atoms with Crippen LogP contribution in [0.4, 0.5) is 11.6 Å². The number of anilines is 2. The Labute approximate surface area is 227 Å². The predicted octanol–water partition coefficient (Wildman–Crippen LogP) is 4.30. The van der Waals surface area contributed by atoms with Crippen LogP contribution in [0.25, 0.3) is 16.8 Å². The summed E-state index contributed by atoms with van der Waals surface area (Å²) in [7, 11) is 3.29. The second kappa shape index (κ2) is 12.3. The number of aromatic nitrogens is 4. The van der Waals surface area contributed by atoms with E-state index in [2.05, 4.69) is 22.2 Å². The number of hydrogen-bond acceptors (Lipinski definition) is 7. The molecule has 0 bridgehead atoms. The molecule has 2 amide bonds. The number of benzene rings is 1. The number of pyridine rings is 1. The molecule has 10 heteroatoms. The molecular weight excluding hydrogens is 494 g/mol. The first-order valence-electron chi connectivity index (χ1n) is 12.8. The molecule has 0 unspecified atom stereocenters. The number of ether oxygens (including phenoxy) is 1. The Hall–Kier alpha value is -4.57. The summed E-state index contributed by atoms with van der Waals surface area (Å²) in [5.41, 5.74) is 9.88. The summed E-state index contributed by atoms with van der Waals surface area (Å²) in [5.74, 6) is 1.03. The van der Waals surface area contributed by atoms with Crippen molar-refractivity contribution in [2.24, 2.45) is 0 Å². The monoisotopic (exact) mass is 527 g/mol. The first-order valence-corrected chi connectivity index (χ1v) is 12.8. The molecule has 0 aliphatic rings. The molecule has 39 heavy (non-hydrogen) atoms. The lowest BCUT2D eigenvalue weighted by atomic mass is 10.1. The van der Waals surface area contributed by atoms with Gasteiger partial charge in [-0.2, -0.15) is 0 Å². The molecule has 0 aliphatic heterocycles. The van der Waals surface area contributed by atoms with Crippen molar-refractivity contribution in [3.05, 3.63) is 84.1 Å². The third-order valence-corrected chi connectivity index (χ3v) is 6.46. The Morgan fingerprint density at radius 3 is 2.67 bits per heavy atom. The van der Waals surface area contributed by atoms with Crippen LogP contribution in [0, 0.1) is 0 Å². The topological polar surface area (TPSA) is 128 Å². The third kappa shape index (κ3) is 6.12. The molecule has 10 nitrogen and oxygen atoms in total. The van der Waals surface area contributed by atoms with Crippen molar-refractivity contribution >= 4 is 29.0 Å². The van der Waals surface area contributed by atoms with Crippen LogP contribution in [0.2, 0.25) is 0 Å². The van der Waals surface area contributed by atoms with E-state index in [9.17, 15) is 9.59 Å². The second-order valence-electron chi connectivity index (χ2n) is 9.16. The number of amides is 2. The number of hydrogen-bond donors (Lipinski definition) is 2. The Morgan fingerprint density at radius 2 is 1.95 bits per heavy atom. The highest BCUT2D eigenvalue weighted by Gasteiger charge is 2.24. The van der Waals surface area contributed by atoms with Crippen LogP contribution in [0.3, 0.4) is 0 Å². The molecule has 0 fully saturated rings. The number of methoxy groups -OCH3 is 1. The number of fused-ring (bicyclic) bond motifs is 1. The Balaban J connectivity index is 1.61. The predicted molar refractivity (Wildman–Crippen MR) is 151 cm³/mol. The maximum absolute atomic E-state index is 12.9. The number of carbonyl (C=O) groups is 2. The number of carbonyl (C=O) groups excluding carboxylic acids is 2. The van der Waals surface area contributed by atoms with E-state index in [0.717, 1.165) is 24.0 Å². The number of nitrogens with two attached hydrogens (primary N) is 1. The highest BCUT2D eigenvalue weighted by Crippen LogP contribution is 2.31. The van der Waals surface area contributed by atoms with Gasteiger partial charge in [-0.05, 0) is 43.2 Å². The van der Waals surface area contributed by atoms with Gasteiger partial charge < -0.3 is 20.7 Å². The zero-order valence-corrected chi connectivity index (χ0v) is 22.6. The average Bonchev–Trinajstić information content (AvgIpc) is 3.34. The molecule has 0 radical (unpaired) electrons. The maximum atomic E-state index is 12.9. The van der Waals surface area contributed by atoms with Crippen molar-refractivity contribution in [3.63, 3.8) is 0 Å². The molecule has 0 saturated heterocycles. The van der Waals surface area contributed by atoms with Crippen LogP contribution in [0.5, 0.6) is 0 Å². The van der Waals surface area contributed by atoms with Crippen molar-refractivity contribution in [1.29, 1.82) is 0 Å². The van der Waals surface area contributed by atoms with Gasteiger partial charge in [0.15, 0.2) is 0 Å². The Bertz CT molecular complexity index is 1490. The molecule has 4 aromatic rings. The minimum Gasteiger partial charge on any atom is -0.382 e. The van der Waals surface area contributed by atoms with E-state index in [1.165, 1.54) is 6.08 Å². The lowest BCUT2D eigenvalue weighted by Crippen LogP contribution is -2.29. The van der Waals surface area contributed by atoms with Crippen LogP contribution in [0.15, 0.2) is 67.1 Å². The van der Waals surface area contributed by atoms with Gasteiger partial charge in [-0.15, -0.1) is 0 Å². The van der Waals surface area contributed by atoms with E-state index in [1.54, 1.807) is 55.9 Å². The Kier molecular flexibility index (Phi) is 8.67. The lowest BCUT2D eigenvalue weighted by molar-refractivity contribution is -0.126. The highest BCUT2D eigenvalue weighted by atomic mass is 16.5. The van der Waals surface area contributed by atoms with E-state index in [4.69, 9.17) is 15.5 Å². The summed E-state index contributed by atoms with van der Waals surface area (Å²) in [6.07, 6.45) is 10.2. The molecule has 3 heterocycles. The number of nitrogens with zero attached hydrogens (tertiary/aromatic N) is 5. The fourth-order valence-corrected chi connectivity index (χ4v) is 4.26. The van der Waals surface area contributed by atoms with E-state index in [-0.39, 0.29) is 17.9 Å². The number of aryl methyl sites for hydroxylation is 1. The first kappa shape index (κ1) is 27.5. The number of rotatable bonds is 10. The molecule has 0 spiro atoms. The van der Waals surface area contributed by atoms with Gasteiger partial charge in [0.1, 0.15) is 28.7 Å². The van der Waals surface area contributed by atoms with Crippen LogP contribution in [-0.2, 0) is 16.0 Å². The first-order chi connectivity index (χ1) is 18.8. The Morgan fingerprint density at radius 1 is 1.18 bits per heavy atom. The molecule has 3 N–H and O–H groups in total. The molecule has 1 aromatic carbocycles. The highest BCUT2D eigenvalue weighted by molar-refractivity contribution is 6.04. The normalized spacial score (nSPS) is 12.1. The number of imidazole rings is 1.